The minimum Gasteiger partial charge on any atom is -0.379 e. The van der Waals surface area contributed by atoms with E-state index in [9.17, 15) is 4.79 Å². The van der Waals surface area contributed by atoms with Gasteiger partial charge in [-0.1, -0.05) is 18.2 Å². The van der Waals surface area contributed by atoms with Crippen LogP contribution in [0.25, 0.3) is 17.0 Å². The van der Waals surface area contributed by atoms with E-state index in [-0.39, 0.29) is 11.9 Å². The van der Waals surface area contributed by atoms with Crippen molar-refractivity contribution < 1.29 is 9.53 Å². The fourth-order valence-electron chi connectivity index (χ4n) is 2.99. The lowest BCUT2D eigenvalue weighted by molar-refractivity contribution is -0.117. The summed E-state index contributed by atoms with van der Waals surface area (Å²) in [4.78, 5) is 18.9. The van der Waals surface area contributed by atoms with Gasteiger partial charge in [0.2, 0.25) is 5.91 Å². The number of carbonyl (C=O) groups excluding carboxylic acids is 1. The van der Waals surface area contributed by atoms with Gasteiger partial charge in [-0.25, -0.2) is 0 Å². The molecule has 1 aromatic heterocycles. The number of nitrogens with one attached hydrogen (secondary N) is 1. The summed E-state index contributed by atoms with van der Waals surface area (Å²) in [5.74, 6) is -0.0598. The average molecular weight is 339 g/mol. The molecule has 5 heteroatoms. The van der Waals surface area contributed by atoms with Gasteiger partial charge in [0.05, 0.1) is 18.7 Å². The highest BCUT2D eigenvalue weighted by Crippen LogP contribution is 2.17. The number of nitrogens with zero attached hydrogens (tertiary/aromatic N) is 2. The molecule has 1 aliphatic heterocycles. The third kappa shape index (κ3) is 5.11. The predicted molar refractivity (Wildman–Crippen MR) is 100 cm³/mol. The van der Waals surface area contributed by atoms with E-state index in [0.717, 1.165) is 55.7 Å². The molecule has 1 N–H and O–H groups in total. The Morgan fingerprint density at radius 2 is 2.12 bits per heavy atom. The van der Waals surface area contributed by atoms with Gasteiger partial charge in [-0.3, -0.25) is 14.7 Å². The van der Waals surface area contributed by atoms with E-state index in [1.165, 1.54) is 0 Å². The molecular formula is C20H25N3O2. The van der Waals surface area contributed by atoms with Crippen molar-refractivity contribution in [3.8, 4) is 0 Å². The summed E-state index contributed by atoms with van der Waals surface area (Å²) in [5, 5.41) is 4.09. The van der Waals surface area contributed by atoms with E-state index in [1.807, 2.05) is 43.3 Å². The summed E-state index contributed by atoms with van der Waals surface area (Å²) in [7, 11) is 0. The summed E-state index contributed by atoms with van der Waals surface area (Å²) in [6.07, 6.45) is 6.17. The number of rotatable bonds is 6. The maximum atomic E-state index is 12.2. The molecule has 0 bridgehead atoms. The van der Waals surface area contributed by atoms with E-state index < -0.39 is 0 Å². The quantitative estimate of drug-likeness (QED) is 0.822. The van der Waals surface area contributed by atoms with Crippen molar-refractivity contribution in [1.29, 1.82) is 0 Å². The first kappa shape index (κ1) is 17.6. The van der Waals surface area contributed by atoms with Crippen LogP contribution in [0.15, 0.2) is 42.6 Å². The van der Waals surface area contributed by atoms with Crippen LogP contribution in [-0.4, -0.2) is 54.7 Å². The first-order valence-corrected chi connectivity index (χ1v) is 8.85. The number of benzene rings is 1. The van der Waals surface area contributed by atoms with Crippen molar-refractivity contribution in [2.45, 2.75) is 19.4 Å². The van der Waals surface area contributed by atoms with Crippen molar-refractivity contribution in [2.24, 2.45) is 0 Å². The highest BCUT2D eigenvalue weighted by atomic mass is 16.5. The van der Waals surface area contributed by atoms with E-state index >= 15 is 0 Å². The fraction of sp³-hybridized carbons (Fsp3) is 0.400. The molecule has 132 valence electrons. The van der Waals surface area contributed by atoms with Gasteiger partial charge in [0.25, 0.3) is 0 Å². The van der Waals surface area contributed by atoms with E-state index in [4.69, 9.17) is 4.74 Å². The SMILES string of the molecule is C[C@@H](CCN1CCOCC1)NC(=O)/C=C\c1ccnc2ccccc12. The number of aromatic nitrogens is 1. The second-order valence-corrected chi connectivity index (χ2v) is 6.40. The molecule has 0 saturated carbocycles. The van der Waals surface area contributed by atoms with Gasteiger partial charge >= 0.3 is 0 Å². The summed E-state index contributed by atoms with van der Waals surface area (Å²) >= 11 is 0. The van der Waals surface area contributed by atoms with E-state index in [1.54, 1.807) is 12.3 Å². The van der Waals surface area contributed by atoms with Crippen LogP contribution in [-0.2, 0) is 9.53 Å². The molecule has 0 radical (unpaired) electrons. The Bertz CT molecular complexity index is 733. The van der Waals surface area contributed by atoms with Crippen molar-refractivity contribution >= 4 is 22.9 Å². The Morgan fingerprint density at radius 1 is 1.32 bits per heavy atom. The molecule has 25 heavy (non-hydrogen) atoms. The Kier molecular flexibility index (Phi) is 6.14. The van der Waals surface area contributed by atoms with Crippen LogP contribution in [0.5, 0.6) is 0 Å². The maximum Gasteiger partial charge on any atom is 0.244 e. The molecule has 3 rings (SSSR count). The number of fused-ring (bicyclic) bond motifs is 1. The van der Waals surface area contributed by atoms with Crippen LogP contribution >= 0.6 is 0 Å². The van der Waals surface area contributed by atoms with Crippen LogP contribution in [0.4, 0.5) is 0 Å². The van der Waals surface area contributed by atoms with Gasteiger partial charge < -0.3 is 10.1 Å². The number of para-hydroxylation sites is 1. The van der Waals surface area contributed by atoms with Crippen LogP contribution in [0.1, 0.15) is 18.9 Å². The summed E-state index contributed by atoms with van der Waals surface area (Å²) in [6, 6.07) is 10.0. The molecule has 1 saturated heterocycles. The van der Waals surface area contributed by atoms with Gasteiger partial charge in [-0.15, -0.1) is 0 Å². The minimum atomic E-state index is -0.0598. The van der Waals surface area contributed by atoms with Gasteiger partial charge in [0.15, 0.2) is 0 Å². The molecule has 1 amide bonds. The molecule has 0 unspecified atom stereocenters. The summed E-state index contributed by atoms with van der Waals surface area (Å²) < 4.78 is 5.35. The van der Waals surface area contributed by atoms with Crippen LogP contribution in [0, 0.1) is 0 Å². The van der Waals surface area contributed by atoms with Crippen molar-refractivity contribution in [3.63, 3.8) is 0 Å². The molecule has 1 atom stereocenters. The Labute approximate surface area is 148 Å². The van der Waals surface area contributed by atoms with Crippen LogP contribution in [0.3, 0.4) is 0 Å². The lowest BCUT2D eigenvalue weighted by atomic mass is 10.1. The Hall–Kier alpha value is -2.24. The zero-order valence-electron chi connectivity index (χ0n) is 14.6. The Balaban J connectivity index is 1.51. The van der Waals surface area contributed by atoms with Crippen molar-refractivity contribution in [2.75, 3.05) is 32.8 Å². The van der Waals surface area contributed by atoms with Crippen LogP contribution < -0.4 is 5.32 Å². The molecule has 5 nitrogen and oxygen atoms in total. The first-order chi connectivity index (χ1) is 12.2. The van der Waals surface area contributed by atoms with E-state index in [0.29, 0.717) is 0 Å². The van der Waals surface area contributed by atoms with Gasteiger partial charge in [0, 0.05) is 43.3 Å². The van der Waals surface area contributed by atoms with Gasteiger partial charge in [-0.2, -0.15) is 0 Å². The third-order valence-electron chi connectivity index (χ3n) is 4.47. The highest BCUT2D eigenvalue weighted by Gasteiger charge is 2.12. The lowest BCUT2D eigenvalue weighted by Crippen LogP contribution is -2.40. The second-order valence-electron chi connectivity index (χ2n) is 6.40. The molecule has 2 aromatic rings. The van der Waals surface area contributed by atoms with Crippen LogP contribution in [0.2, 0.25) is 0 Å². The molecule has 1 fully saturated rings. The summed E-state index contributed by atoms with van der Waals surface area (Å²) in [6.45, 7) is 6.62. The zero-order chi connectivity index (χ0) is 17.5. The standard InChI is InChI=1S/C20H25N3O2/c1-16(9-11-23-12-14-25-15-13-23)22-20(24)7-6-17-8-10-21-19-5-3-2-4-18(17)19/h2-8,10,16H,9,11-15H2,1H3,(H,22,24)/b7-6-/t16-/m0/s1. The second kappa shape index (κ2) is 8.74. The number of hydrogen-bond donors (Lipinski definition) is 1. The normalized spacial score (nSPS) is 17.0. The number of ether oxygens (including phenoxy) is 1. The topological polar surface area (TPSA) is 54.5 Å². The number of morpholine rings is 1. The smallest absolute Gasteiger partial charge is 0.244 e. The molecule has 0 aliphatic carbocycles. The molecule has 0 spiro atoms. The number of hydrogen-bond acceptors (Lipinski definition) is 4. The molecular weight excluding hydrogens is 314 g/mol. The molecule has 1 aliphatic rings. The highest BCUT2D eigenvalue weighted by molar-refractivity contribution is 5.95. The lowest BCUT2D eigenvalue weighted by Gasteiger charge is -2.27. The largest absolute Gasteiger partial charge is 0.379 e. The average Bonchev–Trinajstić information content (AvgIpc) is 2.65. The fourth-order valence-corrected chi connectivity index (χ4v) is 2.99. The Morgan fingerprint density at radius 3 is 2.96 bits per heavy atom. The monoisotopic (exact) mass is 339 g/mol. The zero-order valence-corrected chi connectivity index (χ0v) is 14.6. The van der Waals surface area contributed by atoms with Crippen molar-refractivity contribution in [1.82, 2.24) is 15.2 Å². The number of carbonyl (C=O) groups is 1. The maximum absolute atomic E-state index is 12.2. The molecule has 1 aromatic carbocycles. The molecule has 2 heterocycles. The summed E-state index contributed by atoms with van der Waals surface area (Å²) in [5.41, 5.74) is 1.94. The van der Waals surface area contributed by atoms with Crippen molar-refractivity contribution in [3.05, 3.63) is 48.2 Å². The van der Waals surface area contributed by atoms with Gasteiger partial charge in [0.1, 0.15) is 0 Å². The van der Waals surface area contributed by atoms with E-state index in [2.05, 4.69) is 15.2 Å². The predicted octanol–water partition coefficient (Wildman–Crippen LogP) is 2.47. The first-order valence-electron chi connectivity index (χ1n) is 8.85. The minimum absolute atomic E-state index is 0.0598. The van der Waals surface area contributed by atoms with Gasteiger partial charge in [-0.05, 0) is 37.1 Å². The number of amides is 1. The third-order valence-corrected chi connectivity index (χ3v) is 4.47. The number of pyridine rings is 1.